The molecule has 0 radical (unpaired) electrons. The lowest BCUT2D eigenvalue weighted by Crippen LogP contribution is -2.55. The molecule has 0 saturated carbocycles. The maximum atomic E-state index is 12.6. The van der Waals surface area contributed by atoms with E-state index in [4.69, 9.17) is 0 Å². The summed E-state index contributed by atoms with van der Waals surface area (Å²) in [6.07, 6.45) is 3.29. The molecule has 2 fully saturated rings. The van der Waals surface area contributed by atoms with Gasteiger partial charge in [0, 0.05) is 39.3 Å². The van der Waals surface area contributed by atoms with E-state index in [1.165, 1.54) is 11.1 Å². The van der Waals surface area contributed by atoms with Gasteiger partial charge in [-0.2, -0.15) is 5.10 Å². The summed E-state index contributed by atoms with van der Waals surface area (Å²) in [5.41, 5.74) is 0.645. The van der Waals surface area contributed by atoms with Crippen molar-refractivity contribution >= 4 is 17.6 Å². The normalized spacial score (nSPS) is 17.9. The number of piperazine rings is 1. The Balaban J connectivity index is 1.55. The second kappa shape index (κ2) is 7.93. The number of nitrogens with zero attached hydrogens (tertiary/aromatic N) is 6. The van der Waals surface area contributed by atoms with Crippen LogP contribution in [0.5, 0.6) is 0 Å². The summed E-state index contributed by atoms with van der Waals surface area (Å²) in [5, 5.41) is 15.2. The van der Waals surface area contributed by atoms with Gasteiger partial charge in [0.2, 0.25) is 5.91 Å². The van der Waals surface area contributed by atoms with E-state index in [1.807, 2.05) is 9.80 Å². The number of carbonyl (C=O) groups is 2. The summed E-state index contributed by atoms with van der Waals surface area (Å²) in [4.78, 5) is 41.1. The van der Waals surface area contributed by atoms with Gasteiger partial charge in [-0.3, -0.25) is 19.6 Å². The van der Waals surface area contributed by atoms with Crippen LogP contribution in [0.1, 0.15) is 30.7 Å². The summed E-state index contributed by atoms with van der Waals surface area (Å²) < 4.78 is 1.39. The predicted molar refractivity (Wildman–Crippen MR) is 97.3 cm³/mol. The van der Waals surface area contributed by atoms with Crippen molar-refractivity contribution in [1.82, 2.24) is 24.5 Å². The van der Waals surface area contributed by atoms with Crippen LogP contribution in [0.4, 0.5) is 10.5 Å². The zero-order chi connectivity index (χ0) is 19.6. The molecule has 148 valence electrons. The van der Waals surface area contributed by atoms with Gasteiger partial charge in [0.1, 0.15) is 17.9 Å². The summed E-state index contributed by atoms with van der Waals surface area (Å²) in [6, 6.07) is 0.0657. The maximum absolute atomic E-state index is 12.6. The molecule has 0 aromatic carbocycles. The molecule has 0 atom stereocenters. The Morgan fingerprint density at radius 1 is 0.963 bits per heavy atom. The number of hydrogen-bond acceptors (Lipinski definition) is 5. The van der Waals surface area contributed by atoms with Crippen LogP contribution in [0, 0.1) is 24.0 Å². The number of carbonyl (C=O) groups excluding carboxylic acids is 2. The molecule has 2 saturated heterocycles. The number of piperidine rings is 1. The zero-order valence-corrected chi connectivity index (χ0v) is 15.9. The lowest BCUT2D eigenvalue weighted by atomic mass is 10.1. The molecular formula is C17H26N6O4. The van der Waals surface area contributed by atoms with Gasteiger partial charge in [0.25, 0.3) is 0 Å². The minimum absolute atomic E-state index is 0.0272. The third kappa shape index (κ3) is 4.04. The van der Waals surface area contributed by atoms with Crippen LogP contribution in [0.2, 0.25) is 0 Å². The zero-order valence-electron chi connectivity index (χ0n) is 15.9. The van der Waals surface area contributed by atoms with Crippen LogP contribution < -0.4 is 0 Å². The van der Waals surface area contributed by atoms with Crippen LogP contribution in [0.3, 0.4) is 0 Å². The lowest BCUT2D eigenvalue weighted by molar-refractivity contribution is -0.386. The fourth-order valence-electron chi connectivity index (χ4n) is 3.77. The Bertz CT molecular complexity index is 732. The summed E-state index contributed by atoms with van der Waals surface area (Å²) >= 11 is 0. The molecule has 0 unspecified atom stereocenters. The van der Waals surface area contributed by atoms with E-state index in [0.717, 1.165) is 25.9 Å². The van der Waals surface area contributed by atoms with Crippen molar-refractivity contribution < 1.29 is 14.5 Å². The fourth-order valence-corrected chi connectivity index (χ4v) is 3.77. The van der Waals surface area contributed by atoms with Gasteiger partial charge in [-0.15, -0.1) is 0 Å². The topological polar surface area (TPSA) is 105 Å². The van der Waals surface area contributed by atoms with Gasteiger partial charge < -0.3 is 14.7 Å². The van der Waals surface area contributed by atoms with Crippen molar-refractivity contribution in [3.05, 3.63) is 21.5 Å². The first-order valence-corrected chi connectivity index (χ1v) is 9.38. The van der Waals surface area contributed by atoms with Gasteiger partial charge in [-0.25, -0.2) is 4.79 Å². The number of hydrogen-bond donors (Lipinski definition) is 0. The number of urea groups is 1. The van der Waals surface area contributed by atoms with Crippen LogP contribution in [-0.4, -0.2) is 80.6 Å². The first kappa shape index (κ1) is 19.1. The van der Waals surface area contributed by atoms with Crippen molar-refractivity contribution in [1.29, 1.82) is 0 Å². The molecule has 1 aromatic heterocycles. The molecule has 0 N–H and O–H groups in total. The number of likely N-dealkylation sites (tertiary alicyclic amines) is 1. The molecule has 3 amide bonds. The quantitative estimate of drug-likeness (QED) is 0.580. The third-order valence-corrected chi connectivity index (χ3v) is 5.34. The second-order valence-electron chi connectivity index (χ2n) is 7.13. The van der Waals surface area contributed by atoms with Crippen molar-refractivity contribution in [2.75, 3.05) is 39.3 Å². The molecule has 10 nitrogen and oxygen atoms in total. The van der Waals surface area contributed by atoms with E-state index in [0.29, 0.717) is 37.6 Å². The van der Waals surface area contributed by atoms with Crippen molar-refractivity contribution in [3.8, 4) is 0 Å². The van der Waals surface area contributed by atoms with Gasteiger partial charge in [0.15, 0.2) is 0 Å². The molecule has 3 heterocycles. The number of rotatable bonds is 3. The molecule has 1 aromatic rings. The van der Waals surface area contributed by atoms with Crippen LogP contribution in [0.15, 0.2) is 0 Å². The highest BCUT2D eigenvalue weighted by atomic mass is 16.6. The first-order valence-electron chi connectivity index (χ1n) is 9.38. The highest BCUT2D eigenvalue weighted by Gasteiger charge is 2.29. The molecule has 3 rings (SSSR count). The molecule has 27 heavy (non-hydrogen) atoms. The Morgan fingerprint density at radius 2 is 1.52 bits per heavy atom. The summed E-state index contributed by atoms with van der Waals surface area (Å²) in [5.74, 6) is -0.138. The predicted octanol–water partition coefficient (Wildman–Crippen LogP) is 1.16. The van der Waals surface area contributed by atoms with E-state index < -0.39 is 4.92 Å². The van der Waals surface area contributed by atoms with E-state index in [-0.39, 0.29) is 24.2 Å². The molecule has 0 spiro atoms. The fraction of sp³-hybridized carbons (Fsp3) is 0.706. The van der Waals surface area contributed by atoms with Gasteiger partial charge in [-0.05, 0) is 33.1 Å². The first-order chi connectivity index (χ1) is 12.9. The average Bonchev–Trinajstić information content (AvgIpc) is 2.95. The Kier molecular flexibility index (Phi) is 5.62. The summed E-state index contributed by atoms with van der Waals surface area (Å²) in [7, 11) is 0. The number of amides is 3. The van der Waals surface area contributed by atoms with Gasteiger partial charge >= 0.3 is 11.7 Å². The lowest BCUT2D eigenvalue weighted by Gasteiger charge is -2.38. The smallest absolute Gasteiger partial charge is 0.320 e. The number of aryl methyl sites for hydroxylation is 1. The monoisotopic (exact) mass is 378 g/mol. The largest absolute Gasteiger partial charge is 0.338 e. The standard InChI is InChI=1S/C17H26N6O4/c1-13-16(23(26)27)14(2)22(18-13)12-15(24)19-8-10-21(11-9-19)17(25)20-6-4-3-5-7-20/h3-12H2,1-2H3. The Morgan fingerprint density at radius 3 is 2.07 bits per heavy atom. The molecule has 2 aliphatic rings. The van der Waals surface area contributed by atoms with Crippen LogP contribution in [-0.2, 0) is 11.3 Å². The van der Waals surface area contributed by atoms with Crippen LogP contribution in [0.25, 0.3) is 0 Å². The molecular weight excluding hydrogens is 352 g/mol. The maximum Gasteiger partial charge on any atom is 0.320 e. The van der Waals surface area contributed by atoms with Crippen molar-refractivity contribution in [2.45, 2.75) is 39.7 Å². The van der Waals surface area contributed by atoms with E-state index in [2.05, 4.69) is 5.10 Å². The Hall–Kier alpha value is -2.65. The van der Waals surface area contributed by atoms with Gasteiger partial charge in [0.05, 0.1) is 4.92 Å². The SMILES string of the molecule is Cc1nn(CC(=O)N2CCN(C(=O)N3CCCCC3)CC2)c(C)c1[N+](=O)[O-]. The van der Waals surface area contributed by atoms with E-state index >= 15 is 0 Å². The van der Waals surface area contributed by atoms with E-state index in [1.54, 1.807) is 18.7 Å². The minimum Gasteiger partial charge on any atom is -0.338 e. The van der Waals surface area contributed by atoms with Gasteiger partial charge in [-0.1, -0.05) is 0 Å². The second-order valence-corrected chi connectivity index (χ2v) is 7.13. The van der Waals surface area contributed by atoms with Crippen LogP contribution >= 0.6 is 0 Å². The van der Waals surface area contributed by atoms with E-state index in [9.17, 15) is 19.7 Å². The Labute approximate surface area is 157 Å². The summed E-state index contributed by atoms with van der Waals surface area (Å²) in [6.45, 7) is 6.73. The molecule has 0 bridgehead atoms. The molecule has 0 aliphatic carbocycles. The molecule has 10 heteroatoms. The number of aromatic nitrogens is 2. The van der Waals surface area contributed by atoms with Crippen molar-refractivity contribution in [2.24, 2.45) is 0 Å². The highest BCUT2D eigenvalue weighted by Crippen LogP contribution is 2.22. The minimum atomic E-state index is -0.469. The molecule has 2 aliphatic heterocycles. The highest BCUT2D eigenvalue weighted by molar-refractivity contribution is 5.78. The van der Waals surface area contributed by atoms with Crippen molar-refractivity contribution in [3.63, 3.8) is 0 Å². The number of nitro groups is 1. The average molecular weight is 378 g/mol. The third-order valence-electron chi connectivity index (χ3n) is 5.34.